The third kappa shape index (κ3) is 3.84. The normalized spacial score (nSPS) is 12.3. The van der Waals surface area contributed by atoms with Crippen LogP contribution in [0, 0.1) is 6.92 Å². The van der Waals surface area contributed by atoms with Crippen molar-refractivity contribution in [2.24, 2.45) is 0 Å². The van der Waals surface area contributed by atoms with Crippen molar-refractivity contribution in [1.82, 2.24) is 5.32 Å². The van der Waals surface area contributed by atoms with Gasteiger partial charge in [0.25, 0.3) is 0 Å². The molecular formula is C20H20ClNO. The van der Waals surface area contributed by atoms with Crippen molar-refractivity contribution in [2.45, 2.75) is 26.4 Å². The van der Waals surface area contributed by atoms with E-state index >= 15 is 0 Å². The second-order valence-electron chi connectivity index (χ2n) is 5.74. The Morgan fingerprint density at radius 3 is 2.57 bits per heavy atom. The van der Waals surface area contributed by atoms with Crippen molar-refractivity contribution in [3.05, 3.63) is 82.6 Å². The molecule has 0 aliphatic heterocycles. The molecule has 1 unspecified atom stereocenters. The Morgan fingerprint density at radius 2 is 1.83 bits per heavy atom. The summed E-state index contributed by atoms with van der Waals surface area (Å²) in [6.07, 6.45) is 0. The van der Waals surface area contributed by atoms with Gasteiger partial charge in [-0.3, -0.25) is 0 Å². The van der Waals surface area contributed by atoms with Crippen molar-refractivity contribution in [3.8, 4) is 11.3 Å². The average molecular weight is 326 g/mol. The summed E-state index contributed by atoms with van der Waals surface area (Å²) in [6.45, 7) is 4.84. The Morgan fingerprint density at radius 1 is 1.04 bits per heavy atom. The lowest BCUT2D eigenvalue weighted by Gasteiger charge is -2.12. The van der Waals surface area contributed by atoms with Crippen LogP contribution in [-0.2, 0) is 6.54 Å². The van der Waals surface area contributed by atoms with Gasteiger partial charge in [-0.15, -0.1) is 0 Å². The first kappa shape index (κ1) is 15.9. The molecule has 1 heterocycles. The maximum absolute atomic E-state index is 6.19. The number of rotatable bonds is 5. The molecule has 0 saturated carbocycles. The number of hydrogen-bond acceptors (Lipinski definition) is 2. The van der Waals surface area contributed by atoms with E-state index in [1.54, 1.807) is 0 Å². The van der Waals surface area contributed by atoms with Crippen LogP contribution in [0.3, 0.4) is 0 Å². The van der Waals surface area contributed by atoms with E-state index in [4.69, 9.17) is 16.0 Å². The summed E-state index contributed by atoms with van der Waals surface area (Å²) < 4.78 is 5.93. The second-order valence-corrected chi connectivity index (χ2v) is 6.15. The smallest absolute Gasteiger partial charge is 0.134 e. The van der Waals surface area contributed by atoms with E-state index in [1.165, 1.54) is 5.56 Å². The van der Waals surface area contributed by atoms with E-state index in [0.29, 0.717) is 6.54 Å². The van der Waals surface area contributed by atoms with Crippen LogP contribution in [0.4, 0.5) is 0 Å². The lowest BCUT2D eigenvalue weighted by molar-refractivity contribution is 0.468. The van der Waals surface area contributed by atoms with Gasteiger partial charge in [0, 0.05) is 16.6 Å². The third-order valence-electron chi connectivity index (χ3n) is 4.00. The molecule has 3 heteroatoms. The van der Waals surface area contributed by atoms with Crippen LogP contribution in [0.5, 0.6) is 0 Å². The summed E-state index contributed by atoms with van der Waals surface area (Å²) in [6, 6.07) is 20.6. The molecule has 0 radical (unpaired) electrons. The van der Waals surface area contributed by atoms with Crippen LogP contribution in [0.2, 0.25) is 5.02 Å². The van der Waals surface area contributed by atoms with Crippen LogP contribution in [0.15, 0.2) is 65.1 Å². The molecule has 3 rings (SSSR count). The molecule has 118 valence electrons. The highest BCUT2D eigenvalue weighted by molar-refractivity contribution is 6.31. The van der Waals surface area contributed by atoms with Crippen molar-refractivity contribution < 1.29 is 4.42 Å². The molecule has 23 heavy (non-hydrogen) atoms. The van der Waals surface area contributed by atoms with E-state index in [-0.39, 0.29) is 6.04 Å². The minimum absolute atomic E-state index is 0.276. The number of halogens is 1. The summed E-state index contributed by atoms with van der Waals surface area (Å²) in [5.74, 6) is 1.76. The minimum atomic E-state index is 0.276. The van der Waals surface area contributed by atoms with Gasteiger partial charge in [0.15, 0.2) is 0 Å². The fraction of sp³-hybridized carbons (Fsp3) is 0.200. The highest BCUT2D eigenvalue weighted by atomic mass is 35.5. The third-order valence-corrected chi connectivity index (χ3v) is 4.41. The van der Waals surface area contributed by atoms with E-state index in [9.17, 15) is 0 Å². The number of benzene rings is 2. The Labute approximate surface area is 142 Å². The van der Waals surface area contributed by atoms with Crippen molar-refractivity contribution >= 4 is 11.6 Å². The Kier molecular flexibility index (Phi) is 4.85. The van der Waals surface area contributed by atoms with Crippen LogP contribution >= 0.6 is 11.6 Å². The Bertz CT molecular complexity index is 779. The Balaban J connectivity index is 1.66. The molecule has 2 aromatic carbocycles. The molecular weight excluding hydrogens is 306 g/mol. The molecule has 0 amide bonds. The number of aryl methyl sites for hydroxylation is 1. The lowest BCUT2D eigenvalue weighted by atomic mass is 10.1. The quantitative estimate of drug-likeness (QED) is 0.645. The van der Waals surface area contributed by atoms with Gasteiger partial charge in [-0.25, -0.2) is 0 Å². The van der Waals surface area contributed by atoms with Crippen molar-refractivity contribution in [3.63, 3.8) is 0 Å². The predicted molar refractivity (Wildman–Crippen MR) is 95.6 cm³/mol. The fourth-order valence-corrected chi connectivity index (χ4v) is 2.67. The molecule has 1 aromatic heterocycles. The zero-order valence-corrected chi connectivity index (χ0v) is 14.1. The van der Waals surface area contributed by atoms with E-state index in [2.05, 4.69) is 36.5 Å². The summed E-state index contributed by atoms with van der Waals surface area (Å²) in [5, 5.41) is 4.24. The standard InChI is InChI=1S/C20H20ClNO/c1-14-8-9-17(12-19(14)21)20-11-10-18(23-20)13-22-15(2)16-6-4-3-5-7-16/h3-12,15,22H,13H2,1-2H3. The lowest BCUT2D eigenvalue weighted by Crippen LogP contribution is -2.17. The SMILES string of the molecule is Cc1ccc(-c2ccc(CNC(C)c3ccccc3)o2)cc1Cl. The molecule has 0 bridgehead atoms. The number of nitrogens with one attached hydrogen (secondary N) is 1. The molecule has 0 fully saturated rings. The summed E-state index contributed by atoms with van der Waals surface area (Å²) in [4.78, 5) is 0. The van der Waals surface area contributed by atoms with Gasteiger partial charge < -0.3 is 9.73 Å². The van der Waals surface area contributed by atoms with Crippen LogP contribution < -0.4 is 5.32 Å². The summed E-state index contributed by atoms with van der Waals surface area (Å²) >= 11 is 6.19. The minimum Gasteiger partial charge on any atom is -0.460 e. The largest absolute Gasteiger partial charge is 0.460 e. The number of furan rings is 1. The van der Waals surface area contributed by atoms with E-state index in [0.717, 1.165) is 27.7 Å². The number of hydrogen-bond donors (Lipinski definition) is 1. The van der Waals surface area contributed by atoms with Crippen LogP contribution in [-0.4, -0.2) is 0 Å². The maximum atomic E-state index is 6.19. The predicted octanol–water partition coefficient (Wildman–Crippen LogP) is 5.76. The molecule has 2 nitrogen and oxygen atoms in total. The zero-order chi connectivity index (χ0) is 16.2. The molecule has 0 aliphatic rings. The topological polar surface area (TPSA) is 25.2 Å². The van der Waals surface area contributed by atoms with Gasteiger partial charge in [-0.1, -0.05) is 54.1 Å². The highest BCUT2D eigenvalue weighted by Crippen LogP contribution is 2.27. The van der Waals surface area contributed by atoms with E-state index in [1.807, 2.05) is 43.3 Å². The first-order chi connectivity index (χ1) is 11.1. The van der Waals surface area contributed by atoms with Crippen LogP contribution in [0.25, 0.3) is 11.3 Å². The van der Waals surface area contributed by atoms with Gasteiger partial charge in [-0.2, -0.15) is 0 Å². The second kappa shape index (κ2) is 7.03. The molecule has 3 aromatic rings. The van der Waals surface area contributed by atoms with Gasteiger partial charge in [0.05, 0.1) is 6.54 Å². The molecule has 0 spiro atoms. The summed E-state index contributed by atoms with van der Waals surface area (Å²) in [5.41, 5.74) is 3.34. The fourth-order valence-electron chi connectivity index (χ4n) is 2.49. The molecule has 1 atom stereocenters. The molecule has 1 N–H and O–H groups in total. The average Bonchev–Trinajstić information content (AvgIpc) is 3.05. The first-order valence-electron chi connectivity index (χ1n) is 7.77. The monoisotopic (exact) mass is 325 g/mol. The van der Waals surface area contributed by atoms with Crippen molar-refractivity contribution in [2.75, 3.05) is 0 Å². The highest BCUT2D eigenvalue weighted by Gasteiger charge is 2.08. The van der Waals surface area contributed by atoms with E-state index < -0.39 is 0 Å². The zero-order valence-electron chi connectivity index (χ0n) is 13.3. The maximum Gasteiger partial charge on any atom is 0.134 e. The first-order valence-corrected chi connectivity index (χ1v) is 8.15. The van der Waals surface area contributed by atoms with Gasteiger partial charge in [0.2, 0.25) is 0 Å². The van der Waals surface area contributed by atoms with Gasteiger partial charge >= 0.3 is 0 Å². The molecule has 0 saturated heterocycles. The van der Waals surface area contributed by atoms with Gasteiger partial charge in [0.1, 0.15) is 11.5 Å². The van der Waals surface area contributed by atoms with Gasteiger partial charge in [-0.05, 0) is 43.2 Å². The van der Waals surface area contributed by atoms with Crippen LogP contribution in [0.1, 0.15) is 29.9 Å². The molecule has 0 aliphatic carbocycles. The Hall–Kier alpha value is -2.03. The van der Waals surface area contributed by atoms with Crippen molar-refractivity contribution in [1.29, 1.82) is 0 Å². The summed E-state index contributed by atoms with van der Waals surface area (Å²) in [7, 11) is 0.